The van der Waals surface area contributed by atoms with Gasteiger partial charge in [-0.05, 0) is 19.4 Å². The maximum atomic E-state index is 10.8. The Hall–Kier alpha value is -2.09. The van der Waals surface area contributed by atoms with E-state index in [1.165, 1.54) is 6.07 Å². The Bertz CT molecular complexity index is 452. The van der Waals surface area contributed by atoms with Crippen LogP contribution in [-0.2, 0) is 0 Å². The lowest BCUT2D eigenvalue weighted by Crippen LogP contribution is -2.15. The molecule has 1 aromatic carbocycles. The average Bonchev–Trinajstić information content (AvgIpc) is 2.30. The summed E-state index contributed by atoms with van der Waals surface area (Å²) < 4.78 is 5.60. The first kappa shape index (κ1) is 13.0. The lowest BCUT2D eigenvalue weighted by molar-refractivity contribution is -0.385. The molecule has 0 aliphatic carbocycles. The molecule has 0 aliphatic heterocycles. The first-order valence-corrected chi connectivity index (χ1v) is 5.37. The molecule has 5 nitrogen and oxygen atoms in total. The van der Waals surface area contributed by atoms with E-state index in [2.05, 4.69) is 0 Å². The van der Waals surface area contributed by atoms with Crippen molar-refractivity contribution < 1.29 is 9.66 Å². The highest BCUT2D eigenvalue weighted by molar-refractivity contribution is 5.48. The number of nitro benzene ring substituents is 1. The predicted molar refractivity (Wildman–Crippen MR) is 62.8 cm³/mol. The molecule has 0 saturated carbocycles. The summed E-state index contributed by atoms with van der Waals surface area (Å²) in [6.45, 7) is 3.56. The van der Waals surface area contributed by atoms with Crippen LogP contribution in [0.4, 0.5) is 5.69 Å². The molecule has 5 heteroatoms. The van der Waals surface area contributed by atoms with E-state index in [1.807, 2.05) is 13.0 Å². The Labute approximate surface area is 99.8 Å². The molecule has 0 saturated heterocycles. The maximum absolute atomic E-state index is 10.8. The van der Waals surface area contributed by atoms with Crippen LogP contribution in [0.1, 0.15) is 25.3 Å². The summed E-state index contributed by atoms with van der Waals surface area (Å²) in [5.41, 5.74) is 0.531. The van der Waals surface area contributed by atoms with Crippen LogP contribution in [0.2, 0.25) is 0 Å². The second kappa shape index (κ2) is 5.85. The molecule has 0 spiro atoms. The van der Waals surface area contributed by atoms with Gasteiger partial charge in [0.25, 0.3) is 5.69 Å². The maximum Gasteiger partial charge on any atom is 0.276 e. The highest BCUT2D eigenvalue weighted by Gasteiger charge is 2.16. The highest BCUT2D eigenvalue weighted by atomic mass is 16.6. The topological polar surface area (TPSA) is 76.2 Å². The lowest BCUT2D eigenvalue weighted by atomic mass is 10.1. The number of benzene rings is 1. The van der Waals surface area contributed by atoms with E-state index in [0.29, 0.717) is 17.7 Å². The summed E-state index contributed by atoms with van der Waals surface area (Å²) in [7, 11) is 0. The summed E-state index contributed by atoms with van der Waals surface area (Å²) in [4.78, 5) is 10.3. The molecule has 0 bridgehead atoms. The minimum atomic E-state index is -0.437. The van der Waals surface area contributed by atoms with Crippen LogP contribution in [0.3, 0.4) is 0 Å². The number of ether oxygens (including phenoxy) is 1. The SMILES string of the molecule is CCC(CC#N)Oc1cccc([N+](=O)[O-])c1C. The third-order valence-corrected chi connectivity index (χ3v) is 2.52. The third kappa shape index (κ3) is 3.18. The smallest absolute Gasteiger partial charge is 0.276 e. The molecule has 0 fully saturated rings. The molecule has 1 aromatic rings. The van der Waals surface area contributed by atoms with Crippen LogP contribution in [0.25, 0.3) is 0 Å². The third-order valence-electron chi connectivity index (χ3n) is 2.52. The van der Waals surface area contributed by atoms with Crippen LogP contribution in [0.5, 0.6) is 5.75 Å². The van der Waals surface area contributed by atoms with Crippen molar-refractivity contribution in [2.75, 3.05) is 0 Å². The summed E-state index contributed by atoms with van der Waals surface area (Å²) >= 11 is 0. The van der Waals surface area contributed by atoms with Crippen molar-refractivity contribution in [1.29, 1.82) is 5.26 Å². The lowest BCUT2D eigenvalue weighted by Gasteiger charge is -2.16. The molecule has 0 heterocycles. The van der Waals surface area contributed by atoms with Gasteiger partial charge in [0.1, 0.15) is 11.9 Å². The molecule has 0 aromatic heterocycles. The van der Waals surface area contributed by atoms with Gasteiger partial charge < -0.3 is 4.74 Å². The largest absolute Gasteiger partial charge is 0.489 e. The molecule has 1 rings (SSSR count). The van der Waals surface area contributed by atoms with Crippen molar-refractivity contribution >= 4 is 5.69 Å². The van der Waals surface area contributed by atoms with Crippen molar-refractivity contribution in [3.8, 4) is 11.8 Å². The molecule has 0 aliphatic rings. The van der Waals surface area contributed by atoms with Gasteiger partial charge in [-0.25, -0.2) is 0 Å². The summed E-state index contributed by atoms with van der Waals surface area (Å²) in [5, 5.41) is 19.4. The van der Waals surface area contributed by atoms with E-state index in [-0.39, 0.29) is 18.2 Å². The van der Waals surface area contributed by atoms with Crippen LogP contribution >= 0.6 is 0 Å². The summed E-state index contributed by atoms with van der Waals surface area (Å²) in [6, 6.07) is 6.74. The fourth-order valence-electron chi connectivity index (χ4n) is 1.48. The quantitative estimate of drug-likeness (QED) is 0.579. The van der Waals surface area contributed by atoms with E-state index in [1.54, 1.807) is 19.1 Å². The molecule has 1 atom stereocenters. The molecular formula is C12H14N2O3. The summed E-state index contributed by atoms with van der Waals surface area (Å²) in [6.07, 6.45) is 0.745. The van der Waals surface area contributed by atoms with E-state index < -0.39 is 4.92 Å². The monoisotopic (exact) mass is 234 g/mol. The van der Waals surface area contributed by atoms with E-state index >= 15 is 0 Å². The second-order valence-corrected chi connectivity index (χ2v) is 3.67. The number of nitro groups is 1. The Morgan fingerprint density at radius 3 is 2.82 bits per heavy atom. The minimum Gasteiger partial charge on any atom is -0.489 e. The van der Waals surface area contributed by atoms with Gasteiger partial charge in [-0.1, -0.05) is 13.0 Å². The van der Waals surface area contributed by atoms with Crippen molar-refractivity contribution in [2.24, 2.45) is 0 Å². The van der Waals surface area contributed by atoms with Crippen LogP contribution < -0.4 is 4.74 Å². The molecule has 0 amide bonds. The predicted octanol–water partition coefficient (Wildman–Crippen LogP) is 2.97. The minimum absolute atomic E-state index is 0.0364. The zero-order chi connectivity index (χ0) is 12.8. The van der Waals surface area contributed by atoms with Crippen molar-refractivity contribution in [3.63, 3.8) is 0 Å². The average molecular weight is 234 g/mol. The van der Waals surface area contributed by atoms with Crippen molar-refractivity contribution in [2.45, 2.75) is 32.8 Å². The first-order chi connectivity index (χ1) is 8.10. The van der Waals surface area contributed by atoms with E-state index in [0.717, 1.165) is 0 Å². The molecule has 0 N–H and O–H groups in total. The molecule has 0 radical (unpaired) electrons. The molecule has 90 valence electrons. The van der Waals surface area contributed by atoms with Gasteiger partial charge in [0.15, 0.2) is 0 Å². The Balaban J connectivity index is 2.95. The molecule has 1 unspecified atom stereocenters. The molecule has 17 heavy (non-hydrogen) atoms. The number of hydrogen-bond acceptors (Lipinski definition) is 4. The van der Waals surface area contributed by atoms with Gasteiger partial charge in [-0.15, -0.1) is 0 Å². The molecular weight excluding hydrogens is 220 g/mol. The van der Waals surface area contributed by atoms with Gasteiger partial charge >= 0.3 is 0 Å². The van der Waals surface area contributed by atoms with E-state index in [9.17, 15) is 10.1 Å². The van der Waals surface area contributed by atoms with Gasteiger partial charge in [0.05, 0.1) is 23.0 Å². The fourth-order valence-corrected chi connectivity index (χ4v) is 1.48. The zero-order valence-electron chi connectivity index (χ0n) is 9.84. The van der Waals surface area contributed by atoms with Gasteiger partial charge in [-0.3, -0.25) is 10.1 Å². The Kier molecular flexibility index (Phi) is 4.46. The van der Waals surface area contributed by atoms with Crippen LogP contribution in [-0.4, -0.2) is 11.0 Å². The first-order valence-electron chi connectivity index (χ1n) is 5.37. The summed E-state index contributed by atoms with van der Waals surface area (Å²) in [5.74, 6) is 0.473. The van der Waals surface area contributed by atoms with Crippen LogP contribution in [0.15, 0.2) is 18.2 Å². The highest BCUT2D eigenvalue weighted by Crippen LogP contribution is 2.28. The van der Waals surface area contributed by atoms with Gasteiger partial charge in [-0.2, -0.15) is 5.26 Å². The van der Waals surface area contributed by atoms with Crippen LogP contribution in [0, 0.1) is 28.4 Å². The number of nitriles is 1. The Morgan fingerprint density at radius 2 is 2.29 bits per heavy atom. The van der Waals surface area contributed by atoms with Crippen molar-refractivity contribution in [1.82, 2.24) is 0 Å². The normalized spacial score (nSPS) is 11.6. The van der Waals surface area contributed by atoms with Gasteiger partial charge in [0, 0.05) is 6.07 Å². The number of hydrogen-bond donors (Lipinski definition) is 0. The Morgan fingerprint density at radius 1 is 1.59 bits per heavy atom. The second-order valence-electron chi connectivity index (χ2n) is 3.67. The van der Waals surface area contributed by atoms with Crippen molar-refractivity contribution in [3.05, 3.63) is 33.9 Å². The van der Waals surface area contributed by atoms with E-state index in [4.69, 9.17) is 10.00 Å². The standard InChI is InChI=1S/C12H14N2O3/c1-3-10(7-8-13)17-12-6-4-5-11(9(12)2)14(15)16/h4-6,10H,3,7H2,1-2H3. The fraction of sp³-hybridized carbons (Fsp3) is 0.417. The number of nitrogens with zero attached hydrogens (tertiary/aromatic N) is 2. The number of rotatable bonds is 5. The van der Waals surface area contributed by atoms with Gasteiger partial charge in [0.2, 0.25) is 0 Å². The zero-order valence-corrected chi connectivity index (χ0v) is 9.84.